The highest BCUT2D eigenvalue weighted by molar-refractivity contribution is 5.50. The summed E-state index contributed by atoms with van der Waals surface area (Å²) >= 11 is 0. The molecule has 1 atom stereocenters. The molecule has 0 spiro atoms. The second kappa shape index (κ2) is 4.69. The Bertz CT molecular complexity index is 614. The van der Waals surface area contributed by atoms with Crippen molar-refractivity contribution in [1.82, 2.24) is 4.90 Å². The molecule has 3 rings (SSSR count). The number of rotatable bonds is 1. The van der Waals surface area contributed by atoms with E-state index >= 15 is 0 Å². The minimum Gasteiger partial charge on any atom is -0.380 e. The topological polar surface area (TPSA) is 23.5 Å². The molecule has 1 N–H and O–H groups in total. The molecule has 0 radical (unpaired) electrons. The Morgan fingerprint density at radius 3 is 2.57 bits per heavy atom. The predicted octanol–water partition coefficient (Wildman–Crippen LogP) is 3.42. The van der Waals surface area contributed by atoms with E-state index in [4.69, 9.17) is 0 Å². The third-order valence-electron chi connectivity index (χ3n) is 5.47. The summed E-state index contributed by atoms with van der Waals surface area (Å²) in [6.07, 6.45) is 1.92. The van der Waals surface area contributed by atoms with Gasteiger partial charge in [0.05, 0.1) is 0 Å². The molecule has 2 heteroatoms. The van der Waals surface area contributed by atoms with E-state index in [1.54, 1.807) is 0 Å². The molecular formula is C19H27NO. The lowest BCUT2D eigenvalue weighted by Crippen LogP contribution is -2.44. The minimum atomic E-state index is -0.806. The first-order chi connectivity index (χ1) is 9.75. The molecule has 0 aromatic heterocycles. The van der Waals surface area contributed by atoms with Gasteiger partial charge in [0.2, 0.25) is 0 Å². The van der Waals surface area contributed by atoms with Gasteiger partial charge in [-0.15, -0.1) is 0 Å². The Kier molecular flexibility index (Phi) is 3.30. The number of fused-ring (bicyclic) bond motifs is 1. The highest BCUT2D eigenvalue weighted by Crippen LogP contribution is 2.55. The van der Waals surface area contributed by atoms with Crippen molar-refractivity contribution in [3.8, 4) is 0 Å². The fraction of sp³-hybridized carbons (Fsp3) is 0.579. The summed E-state index contributed by atoms with van der Waals surface area (Å²) in [6.45, 7) is 10.7. The molecule has 1 aliphatic carbocycles. The van der Waals surface area contributed by atoms with Gasteiger partial charge in [-0.25, -0.2) is 0 Å². The molecular weight excluding hydrogens is 258 g/mol. The first-order valence-electron chi connectivity index (χ1n) is 7.96. The highest BCUT2D eigenvalue weighted by Gasteiger charge is 2.54. The van der Waals surface area contributed by atoms with Crippen LogP contribution in [-0.4, -0.2) is 30.1 Å². The summed E-state index contributed by atoms with van der Waals surface area (Å²) in [4.78, 5) is 2.33. The highest BCUT2D eigenvalue weighted by atomic mass is 16.3. The van der Waals surface area contributed by atoms with E-state index in [-0.39, 0.29) is 5.41 Å². The second-order valence-electron chi connectivity index (χ2n) is 7.68. The lowest BCUT2D eigenvalue weighted by atomic mass is 9.68. The third-order valence-corrected chi connectivity index (χ3v) is 5.47. The van der Waals surface area contributed by atoms with E-state index < -0.39 is 5.60 Å². The number of hydrogen-bond acceptors (Lipinski definition) is 2. The van der Waals surface area contributed by atoms with Gasteiger partial charge in [-0.2, -0.15) is 0 Å². The second-order valence-corrected chi connectivity index (χ2v) is 7.68. The maximum Gasteiger partial charge on any atom is 0.117 e. The number of aliphatic hydroxyl groups is 1. The van der Waals surface area contributed by atoms with Crippen LogP contribution in [0.15, 0.2) is 29.3 Å². The lowest BCUT2D eigenvalue weighted by molar-refractivity contribution is -0.0309. The van der Waals surface area contributed by atoms with Crippen LogP contribution in [0.5, 0.6) is 0 Å². The van der Waals surface area contributed by atoms with E-state index in [1.165, 1.54) is 22.3 Å². The predicted molar refractivity (Wildman–Crippen MR) is 87.4 cm³/mol. The molecule has 1 aromatic carbocycles. The monoisotopic (exact) mass is 285 g/mol. The van der Waals surface area contributed by atoms with Crippen molar-refractivity contribution >= 4 is 0 Å². The van der Waals surface area contributed by atoms with Crippen molar-refractivity contribution in [3.05, 3.63) is 46.0 Å². The third kappa shape index (κ3) is 2.08. The van der Waals surface area contributed by atoms with Gasteiger partial charge in [-0.3, -0.25) is 0 Å². The van der Waals surface area contributed by atoms with Crippen molar-refractivity contribution in [2.24, 2.45) is 5.41 Å². The normalized spacial score (nSPS) is 28.9. The SMILES string of the molecule is CC1=C(C2(O)c3cc(C)ccc3CC2(C)C)CCN(C)C1. The number of nitrogens with zero attached hydrogens (tertiary/aromatic N) is 1. The van der Waals surface area contributed by atoms with Crippen LogP contribution < -0.4 is 0 Å². The van der Waals surface area contributed by atoms with E-state index in [2.05, 4.69) is 57.8 Å². The Hall–Kier alpha value is -1.12. The van der Waals surface area contributed by atoms with Crippen LogP contribution in [0, 0.1) is 12.3 Å². The molecule has 0 bridgehead atoms. The fourth-order valence-electron chi connectivity index (χ4n) is 4.31. The Morgan fingerprint density at radius 2 is 1.90 bits per heavy atom. The molecule has 1 unspecified atom stereocenters. The molecule has 1 heterocycles. The average molecular weight is 285 g/mol. The molecule has 0 saturated carbocycles. The molecule has 0 fully saturated rings. The number of aryl methyl sites for hydroxylation is 1. The zero-order valence-corrected chi connectivity index (χ0v) is 14.0. The summed E-state index contributed by atoms with van der Waals surface area (Å²) < 4.78 is 0. The maximum absolute atomic E-state index is 11.8. The largest absolute Gasteiger partial charge is 0.380 e. The van der Waals surface area contributed by atoms with Gasteiger partial charge in [0, 0.05) is 18.5 Å². The van der Waals surface area contributed by atoms with E-state index in [0.29, 0.717) is 0 Å². The smallest absolute Gasteiger partial charge is 0.117 e. The summed E-state index contributed by atoms with van der Waals surface area (Å²) in [5.74, 6) is 0. The van der Waals surface area contributed by atoms with Gasteiger partial charge < -0.3 is 10.0 Å². The summed E-state index contributed by atoms with van der Waals surface area (Å²) in [5.41, 5.74) is 5.34. The molecule has 0 saturated heterocycles. The zero-order chi connectivity index (χ0) is 15.4. The Balaban J connectivity index is 2.19. The summed E-state index contributed by atoms with van der Waals surface area (Å²) in [5, 5.41) is 11.8. The van der Waals surface area contributed by atoms with Crippen LogP contribution in [-0.2, 0) is 12.0 Å². The molecule has 1 aliphatic heterocycles. The van der Waals surface area contributed by atoms with Crippen molar-refractivity contribution in [2.45, 2.75) is 46.1 Å². The Labute approximate surface area is 128 Å². The van der Waals surface area contributed by atoms with Crippen LogP contribution >= 0.6 is 0 Å². The van der Waals surface area contributed by atoms with Gasteiger partial charge in [0.25, 0.3) is 0 Å². The number of benzene rings is 1. The summed E-state index contributed by atoms with van der Waals surface area (Å²) in [6, 6.07) is 6.56. The van der Waals surface area contributed by atoms with Gasteiger partial charge in [-0.1, -0.05) is 43.2 Å². The van der Waals surface area contributed by atoms with E-state index in [1.807, 2.05) is 0 Å². The number of hydrogen-bond donors (Lipinski definition) is 1. The molecule has 1 aromatic rings. The van der Waals surface area contributed by atoms with Crippen LogP contribution in [0.2, 0.25) is 0 Å². The van der Waals surface area contributed by atoms with Crippen LogP contribution in [0.25, 0.3) is 0 Å². The van der Waals surface area contributed by atoms with Crippen LogP contribution in [0.3, 0.4) is 0 Å². The first-order valence-corrected chi connectivity index (χ1v) is 7.96. The number of likely N-dealkylation sites (N-methyl/N-ethyl adjacent to an activating group) is 1. The van der Waals surface area contributed by atoms with Crippen molar-refractivity contribution in [3.63, 3.8) is 0 Å². The maximum atomic E-state index is 11.8. The Morgan fingerprint density at radius 1 is 1.19 bits per heavy atom. The molecule has 0 amide bonds. The van der Waals surface area contributed by atoms with Crippen LogP contribution in [0.1, 0.15) is 43.9 Å². The van der Waals surface area contributed by atoms with E-state index in [0.717, 1.165) is 31.5 Å². The van der Waals surface area contributed by atoms with Gasteiger partial charge in [0.15, 0.2) is 0 Å². The van der Waals surface area contributed by atoms with Gasteiger partial charge >= 0.3 is 0 Å². The zero-order valence-electron chi connectivity index (χ0n) is 14.0. The van der Waals surface area contributed by atoms with Crippen molar-refractivity contribution < 1.29 is 5.11 Å². The molecule has 2 aliphatic rings. The van der Waals surface area contributed by atoms with E-state index in [9.17, 15) is 5.11 Å². The standard InChI is InChI=1S/C19H27NO/c1-13-6-7-15-11-18(3,4)19(21,17(15)10-13)16-8-9-20(5)12-14(16)2/h6-7,10,21H,8-9,11-12H2,1-5H3. The van der Waals surface area contributed by atoms with Crippen LogP contribution in [0.4, 0.5) is 0 Å². The average Bonchev–Trinajstić information content (AvgIpc) is 2.58. The molecule has 114 valence electrons. The first kappa shape index (κ1) is 14.8. The van der Waals surface area contributed by atoms with Crippen molar-refractivity contribution in [1.29, 1.82) is 0 Å². The molecule has 2 nitrogen and oxygen atoms in total. The summed E-state index contributed by atoms with van der Waals surface area (Å²) in [7, 11) is 2.15. The van der Waals surface area contributed by atoms with Crippen molar-refractivity contribution in [2.75, 3.05) is 20.1 Å². The minimum absolute atomic E-state index is 0.143. The lowest BCUT2D eigenvalue weighted by Gasteiger charge is -2.43. The quantitative estimate of drug-likeness (QED) is 0.799. The van der Waals surface area contributed by atoms with Gasteiger partial charge in [0.1, 0.15) is 5.60 Å². The van der Waals surface area contributed by atoms with Gasteiger partial charge in [-0.05, 0) is 50.4 Å². The molecule has 21 heavy (non-hydrogen) atoms. The fourth-order valence-corrected chi connectivity index (χ4v) is 4.31.